The zero-order valence-corrected chi connectivity index (χ0v) is 14.1. The van der Waals surface area contributed by atoms with E-state index >= 15 is 0 Å². The van der Waals surface area contributed by atoms with Crippen LogP contribution in [0.25, 0.3) is 0 Å². The molecule has 1 aliphatic heterocycles. The summed E-state index contributed by atoms with van der Waals surface area (Å²) in [5.41, 5.74) is 0.433. The molecular formula is C15H19Cl2N3O3. The molecule has 0 aliphatic carbocycles. The molecular weight excluding hydrogens is 341 g/mol. The van der Waals surface area contributed by atoms with Crippen molar-refractivity contribution >= 4 is 40.7 Å². The summed E-state index contributed by atoms with van der Waals surface area (Å²) in [6.07, 6.45) is -0.248. The molecule has 2 N–H and O–H groups in total. The molecule has 23 heavy (non-hydrogen) atoms. The van der Waals surface area contributed by atoms with Gasteiger partial charge >= 0.3 is 0 Å². The number of ether oxygens (including phenoxy) is 1. The molecule has 1 aromatic rings. The van der Waals surface area contributed by atoms with Crippen molar-refractivity contribution in [3.05, 3.63) is 28.2 Å². The molecule has 6 nitrogen and oxygen atoms in total. The van der Waals surface area contributed by atoms with Crippen molar-refractivity contribution < 1.29 is 14.3 Å². The van der Waals surface area contributed by atoms with E-state index in [-0.39, 0.29) is 12.3 Å². The highest BCUT2D eigenvalue weighted by atomic mass is 35.5. The van der Waals surface area contributed by atoms with Gasteiger partial charge < -0.3 is 15.4 Å². The number of anilines is 1. The van der Waals surface area contributed by atoms with Gasteiger partial charge in [-0.1, -0.05) is 23.2 Å². The normalized spacial score (nSPS) is 15.2. The maximum absolute atomic E-state index is 11.8. The maximum Gasteiger partial charge on any atom is 0.233 e. The van der Waals surface area contributed by atoms with Gasteiger partial charge in [0.2, 0.25) is 11.8 Å². The van der Waals surface area contributed by atoms with E-state index in [9.17, 15) is 9.59 Å². The summed E-state index contributed by atoms with van der Waals surface area (Å²) in [6, 6.07) is 4.74. The average Bonchev–Trinajstić information content (AvgIpc) is 2.51. The molecule has 0 radical (unpaired) electrons. The Morgan fingerprint density at radius 2 is 1.91 bits per heavy atom. The fourth-order valence-corrected chi connectivity index (χ4v) is 2.63. The van der Waals surface area contributed by atoms with Crippen LogP contribution >= 0.6 is 23.2 Å². The average molecular weight is 360 g/mol. The minimum Gasteiger partial charge on any atom is -0.379 e. The lowest BCUT2D eigenvalue weighted by Crippen LogP contribution is -2.41. The van der Waals surface area contributed by atoms with Crippen LogP contribution in [-0.4, -0.2) is 56.1 Å². The van der Waals surface area contributed by atoms with Crippen LogP contribution in [0.4, 0.5) is 5.69 Å². The second kappa shape index (κ2) is 9.08. The SMILES string of the molecule is O=C(CC(=O)Nc1ccc(Cl)cc1Cl)NCCN1CCOCC1. The maximum atomic E-state index is 11.8. The fraction of sp³-hybridized carbons (Fsp3) is 0.467. The van der Waals surface area contributed by atoms with Gasteiger partial charge in [0.15, 0.2) is 0 Å². The van der Waals surface area contributed by atoms with Gasteiger partial charge in [-0.25, -0.2) is 0 Å². The van der Waals surface area contributed by atoms with Crippen molar-refractivity contribution in [2.24, 2.45) is 0 Å². The Bertz CT molecular complexity index is 563. The minimum atomic E-state index is -0.418. The minimum absolute atomic E-state index is 0.248. The van der Waals surface area contributed by atoms with Crippen molar-refractivity contribution in [2.45, 2.75) is 6.42 Å². The van der Waals surface area contributed by atoms with Crippen LogP contribution < -0.4 is 10.6 Å². The van der Waals surface area contributed by atoms with Crippen LogP contribution in [0.3, 0.4) is 0 Å². The van der Waals surface area contributed by atoms with Gasteiger partial charge in [-0.05, 0) is 18.2 Å². The molecule has 0 spiro atoms. The summed E-state index contributed by atoms with van der Waals surface area (Å²) >= 11 is 11.8. The number of halogens is 2. The van der Waals surface area contributed by atoms with Gasteiger partial charge in [-0.15, -0.1) is 0 Å². The first-order valence-corrected chi connectivity index (χ1v) is 8.12. The molecule has 1 saturated heterocycles. The predicted octanol–water partition coefficient (Wildman–Crippen LogP) is 1.77. The van der Waals surface area contributed by atoms with E-state index in [1.54, 1.807) is 12.1 Å². The summed E-state index contributed by atoms with van der Waals surface area (Å²) in [7, 11) is 0. The molecule has 1 heterocycles. The van der Waals surface area contributed by atoms with Gasteiger partial charge in [-0.3, -0.25) is 14.5 Å². The predicted molar refractivity (Wildman–Crippen MR) is 90.0 cm³/mol. The van der Waals surface area contributed by atoms with Gasteiger partial charge in [-0.2, -0.15) is 0 Å². The van der Waals surface area contributed by atoms with E-state index in [0.29, 0.717) is 22.3 Å². The number of hydrogen-bond acceptors (Lipinski definition) is 4. The monoisotopic (exact) mass is 359 g/mol. The standard InChI is InChI=1S/C15H19Cl2N3O3/c16-11-1-2-13(12(17)9-11)19-15(22)10-14(21)18-3-4-20-5-7-23-8-6-20/h1-2,9H,3-8,10H2,(H,18,21)(H,19,22). The first-order valence-electron chi connectivity index (χ1n) is 7.36. The Labute approximate surface area is 145 Å². The number of nitrogens with one attached hydrogen (secondary N) is 2. The Kier molecular flexibility index (Phi) is 7.11. The van der Waals surface area contributed by atoms with Gasteiger partial charge in [0.25, 0.3) is 0 Å². The molecule has 126 valence electrons. The van der Waals surface area contributed by atoms with Gasteiger partial charge in [0.05, 0.1) is 23.9 Å². The molecule has 1 fully saturated rings. The third-order valence-corrected chi connectivity index (χ3v) is 3.93. The lowest BCUT2D eigenvalue weighted by Gasteiger charge is -2.26. The van der Waals surface area contributed by atoms with Crippen molar-refractivity contribution in [3.8, 4) is 0 Å². The summed E-state index contributed by atoms with van der Waals surface area (Å²) in [6.45, 7) is 4.43. The highest BCUT2D eigenvalue weighted by Crippen LogP contribution is 2.25. The summed E-state index contributed by atoms with van der Waals surface area (Å²) in [5, 5.41) is 6.14. The first-order chi connectivity index (χ1) is 11.0. The smallest absolute Gasteiger partial charge is 0.233 e. The molecule has 0 unspecified atom stereocenters. The van der Waals surface area contributed by atoms with E-state index in [1.807, 2.05) is 0 Å². The molecule has 0 atom stereocenters. The number of benzene rings is 1. The number of amides is 2. The Balaban J connectivity index is 1.68. The fourth-order valence-electron chi connectivity index (χ4n) is 2.17. The largest absolute Gasteiger partial charge is 0.379 e. The highest BCUT2D eigenvalue weighted by Gasteiger charge is 2.13. The van der Waals surface area contributed by atoms with Crippen LogP contribution in [-0.2, 0) is 14.3 Å². The number of carbonyl (C=O) groups excluding carboxylic acids is 2. The molecule has 0 saturated carbocycles. The van der Waals surface area contributed by atoms with Crippen LogP contribution in [0, 0.1) is 0 Å². The van der Waals surface area contributed by atoms with Crippen LogP contribution in [0.5, 0.6) is 0 Å². The molecule has 8 heteroatoms. The topological polar surface area (TPSA) is 70.7 Å². The summed E-state index contributed by atoms with van der Waals surface area (Å²) in [4.78, 5) is 25.8. The molecule has 0 aromatic heterocycles. The number of morpholine rings is 1. The third-order valence-electron chi connectivity index (χ3n) is 3.38. The van der Waals surface area contributed by atoms with Crippen LogP contribution in [0.2, 0.25) is 10.0 Å². The second-order valence-electron chi connectivity index (χ2n) is 5.15. The van der Waals surface area contributed by atoms with Gasteiger partial charge in [0, 0.05) is 31.2 Å². The molecule has 1 aromatic carbocycles. The van der Waals surface area contributed by atoms with E-state index in [1.165, 1.54) is 6.07 Å². The molecule has 2 amide bonds. The molecule has 2 rings (SSSR count). The highest BCUT2D eigenvalue weighted by molar-refractivity contribution is 6.36. The van der Waals surface area contributed by atoms with E-state index in [0.717, 1.165) is 32.8 Å². The number of hydrogen-bond donors (Lipinski definition) is 2. The van der Waals surface area contributed by atoms with Crippen LogP contribution in [0.1, 0.15) is 6.42 Å². The zero-order valence-electron chi connectivity index (χ0n) is 12.6. The van der Waals surface area contributed by atoms with Gasteiger partial charge in [0.1, 0.15) is 6.42 Å². The van der Waals surface area contributed by atoms with E-state index < -0.39 is 5.91 Å². The van der Waals surface area contributed by atoms with Crippen molar-refractivity contribution in [1.29, 1.82) is 0 Å². The number of carbonyl (C=O) groups is 2. The Morgan fingerprint density at radius 3 is 2.61 bits per heavy atom. The zero-order chi connectivity index (χ0) is 16.7. The quantitative estimate of drug-likeness (QED) is 0.759. The lowest BCUT2D eigenvalue weighted by molar-refractivity contribution is -0.126. The molecule has 1 aliphatic rings. The van der Waals surface area contributed by atoms with E-state index in [2.05, 4.69) is 15.5 Å². The second-order valence-corrected chi connectivity index (χ2v) is 6.00. The van der Waals surface area contributed by atoms with Crippen molar-refractivity contribution in [2.75, 3.05) is 44.7 Å². The van der Waals surface area contributed by atoms with E-state index in [4.69, 9.17) is 27.9 Å². The number of rotatable bonds is 6. The third kappa shape index (κ3) is 6.35. The summed E-state index contributed by atoms with van der Waals surface area (Å²) < 4.78 is 5.25. The number of nitrogens with zero attached hydrogens (tertiary/aromatic N) is 1. The first kappa shape index (κ1) is 18.0. The Hall–Kier alpha value is -1.34. The Morgan fingerprint density at radius 1 is 1.17 bits per heavy atom. The summed E-state index contributed by atoms with van der Waals surface area (Å²) in [5.74, 6) is -0.737. The van der Waals surface area contributed by atoms with Crippen LogP contribution in [0.15, 0.2) is 18.2 Å². The van der Waals surface area contributed by atoms with Crippen molar-refractivity contribution in [3.63, 3.8) is 0 Å². The molecule has 0 bridgehead atoms. The van der Waals surface area contributed by atoms with Crippen molar-refractivity contribution in [1.82, 2.24) is 10.2 Å². The lowest BCUT2D eigenvalue weighted by atomic mass is 10.3.